The number of benzene rings is 2. The molecule has 3 amide bonds. The Kier molecular flexibility index (Phi) is 7.11. The van der Waals surface area contributed by atoms with Gasteiger partial charge in [0.25, 0.3) is 0 Å². The molecule has 0 spiro atoms. The Morgan fingerprint density at radius 3 is 2.20 bits per heavy atom. The lowest BCUT2D eigenvalue weighted by Crippen LogP contribution is -2.51. The summed E-state index contributed by atoms with van der Waals surface area (Å²) in [5, 5.41) is 2.74. The van der Waals surface area contributed by atoms with Gasteiger partial charge in [0.15, 0.2) is 11.5 Å². The molecule has 0 saturated carbocycles. The SMILES string of the molecule is COc1ccc(CCC(=O)N2CCN(C(=O)Nc3ccc(F)cc3)CC2)cc1OC. The van der Waals surface area contributed by atoms with Gasteiger partial charge in [-0.1, -0.05) is 6.07 Å². The van der Waals surface area contributed by atoms with Crippen molar-refractivity contribution in [2.24, 2.45) is 0 Å². The monoisotopic (exact) mass is 415 g/mol. The van der Waals surface area contributed by atoms with Crippen LogP contribution in [0.4, 0.5) is 14.9 Å². The molecular formula is C22H26FN3O4. The van der Waals surface area contributed by atoms with Crippen LogP contribution < -0.4 is 14.8 Å². The molecule has 30 heavy (non-hydrogen) atoms. The number of nitrogens with one attached hydrogen (secondary N) is 1. The number of aryl methyl sites for hydroxylation is 1. The summed E-state index contributed by atoms with van der Waals surface area (Å²) >= 11 is 0. The summed E-state index contributed by atoms with van der Waals surface area (Å²) < 4.78 is 23.5. The van der Waals surface area contributed by atoms with Crippen LogP contribution in [0.25, 0.3) is 0 Å². The number of urea groups is 1. The number of hydrogen-bond donors (Lipinski definition) is 1. The van der Waals surface area contributed by atoms with Gasteiger partial charge in [0.1, 0.15) is 5.82 Å². The molecule has 8 heteroatoms. The summed E-state index contributed by atoms with van der Waals surface area (Å²) in [6.07, 6.45) is 0.988. The van der Waals surface area contributed by atoms with Crippen molar-refractivity contribution < 1.29 is 23.5 Å². The highest BCUT2D eigenvalue weighted by Gasteiger charge is 2.24. The van der Waals surface area contributed by atoms with Crippen molar-refractivity contribution in [2.75, 3.05) is 45.7 Å². The molecule has 0 bridgehead atoms. The van der Waals surface area contributed by atoms with Gasteiger partial charge in [0, 0.05) is 38.3 Å². The van der Waals surface area contributed by atoms with Crippen LogP contribution in [0.1, 0.15) is 12.0 Å². The van der Waals surface area contributed by atoms with Crippen LogP contribution in [0.15, 0.2) is 42.5 Å². The first-order valence-electron chi connectivity index (χ1n) is 9.80. The van der Waals surface area contributed by atoms with Gasteiger partial charge in [-0.2, -0.15) is 0 Å². The predicted octanol–water partition coefficient (Wildman–Crippen LogP) is 3.15. The number of piperazine rings is 1. The molecule has 1 heterocycles. The van der Waals surface area contributed by atoms with Gasteiger partial charge in [0.05, 0.1) is 14.2 Å². The Balaban J connectivity index is 1.45. The molecule has 1 fully saturated rings. The lowest BCUT2D eigenvalue weighted by molar-refractivity contribution is -0.132. The smallest absolute Gasteiger partial charge is 0.321 e. The van der Waals surface area contributed by atoms with Crippen LogP contribution >= 0.6 is 0 Å². The van der Waals surface area contributed by atoms with E-state index in [9.17, 15) is 14.0 Å². The molecule has 0 aromatic heterocycles. The van der Waals surface area contributed by atoms with Gasteiger partial charge >= 0.3 is 6.03 Å². The summed E-state index contributed by atoms with van der Waals surface area (Å²) in [5.41, 5.74) is 1.54. The molecule has 1 aliphatic rings. The number of carbonyl (C=O) groups excluding carboxylic acids is 2. The Morgan fingerprint density at radius 1 is 0.933 bits per heavy atom. The minimum atomic E-state index is -0.354. The largest absolute Gasteiger partial charge is 0.493 e. The average molecular weight is 415 g/mol. The lowest BCUT2D eigenvalue weighted by Gasteiger charge is -2.34. The first kappa shape index (κ1) is 21.4. The van der Waals surface area contributed by atoms with E-state index in [0.29, 0.717) is 56.2 Å². The predicted molar refractivity (Wildman–Crippen MR) is 111 cm³/mol. The third-order valence-electron chi connectivity index (χ3n) is 5.09. The van der Waals surface area contributed by atoms with E-state index in [0.717, 1.165) is 5.56 Å². The zero-order valence-corrected chi connectivity index (χ0v) is 17.2. The molecule has 2 aromatic rings. The first-order valence-corrected chi connectivity index (χ1v) is 9.80. The van der Waals surface area contributed by atoms with Gasteiger partial charge in [-0.25, -0.2) is 9.18 Å². The quantitative estimate of drug-likeness (QED) is 0.787. The minimum absolute atomic E-state index is 0.0587. The highest BCUT2D eigenvalue weighted by Crippen LogP contribution is 2.28. The second kappa shape index (κ2) is 9.96. The van der Waals surface area contributed by atoms with Crippen LogP contribution in [0.2, 0.25) is 0 Å². The third kappa shape index (κ3) is 5.40. The number of halogens is 1. The van der Waals surface area contributed by atoms with Crippen molar-refractivity contribution in [2.45, 2.75) is 12.8 Å². The van der Waals surface area contributed by atoms with Gasteiger partial charge < -0.3 is 24.6 Å². The molecule has 3 rings (SSSR count). The van der Waals surface area contributed by atoms with E-state index in [1.807, 2.05) is 18.2 Å². The standard InChI is InChI=1S/C22H26FN3O4/c1-29-19-9-3-16(15-20(19)30-2)4-10-21(27)25-11-13-26(14-12-25)22(28)24-18-7-5-17(23)6-8-18/h3,5-9,15H,4,10-14H2,1-2H3,(H,24,28). The Bertz CT molecular complexity index is 880. The summed E-state index contributed by atoms with van der Waals surface area (Å²) in [7, 11) is 3.17. The lowest BCUT2D eigenvalue weighted by atomic mass is 10.1. The fourth-order valence-corrected chi connectivity index (χ4v) is 3.34. The molecule has 1 N–H and O–H groups in total. The first-order chi connectivity index (χ1) is 14.5. The molecule has 7 nitrogen and oxygen atoms in total. The van der Waals surface area contributed by atoms with E-state index in [1.54, 1.807) is 24.0 Å². The summed E-state index contributed by atoms with van der Waals surface area (Å²) in [6.45, 7) is 1.88. The van der Waals surface area contributed by atoms with Crippen LogP contribution in [-0.2, 0) is 11.2 Å². The molecule has 0 aliphatic carbocycles. The molecule has 1 saturated heterocycles. The van der Waals surface area contributed by atoms with E-state index in [2.05, 4.69) is 5.32 Å². The molecule has 0 radical (unpaired) electrons. The van der Waals surface area contributed by atoms with Crippen molar-refractivity contribution in [1.82, 2.24) is 9.80 Å². The van der Waals surface area contributed by atoms with E-state index in [-0.39, 0.29) is 17.8 Å². The Labute approximate surface area is 175 Å². The Hall–Kier alpha value is -3.29. The molecule has 0 atom stereocenters. The summed E-state index contributed by atoms with van der Waals surface area (Å²) in [5.74, 6) is 1.00. The van der Waals surface area contributed by atoms with Gasteiger partial charge in [-0.05, 0) is 48.4 Å². The number of anilines is 1. The summed E-state index contributed by atoms with van der Waals surface area (Å²) in [6, 6.07) is 11.0. The molecule has 0 unspecified atom stereocenters. The second-order valence-electron chi connectivity index (χ2n) is 6.99. The highest BCUT2D eigenvalue weighted by molar-refractivity contribution is 5.89. The zero-order chi connectivity index (χ0) is 21.5. The van der Waals surface area contributed by atoms with Crippen molar-refractivity contribution >= 4 is 17.6 Å². The molecule has 2 aromatic carbocycles. The zero-order valence-electron chi connectivity index (χ0n) is 17.2. The maximum absolute atomic E-state index is 13.0. The number of rotatable bonds is 6. The topological polar surface area (TPSA) is 71.1 Å². The fraction of sp³-hybridized carbons (Fsp3) is 0.364. The number of carbonyl (C=O) groups is 2. The molecule has 1 aliphatic heterocycles. The summed E-state index contributed by atoms with van der Waals surface area (Å²) in [4.78, 5) is 28.3. The molecular weight excluding hydrogens is 389 g/mol. The van der Waals surface area contributed by atoms with Crippen molar-refractivity contribution in [1.29, 1.82) is 0 Å². The Morgan fingerprint density at radius 2 is 1.57 bits per heavy atom. The van der Waals surface area contributed by atoms with Crippen molar-refractivity contribution in [3.63, 3.8) is 0 Å². The second-order valence-corrected chi connectivity index (χ2v) is 6.99. The number of methoxy groups -OCH3 is 2. The van der Waals surface area contributed by atoms with Crippen molar-refractivity contribution in [3.05, 3.63) is 53.8 Å². The number of amides is 3. The number of hydrogen-bond acceptors (Lipinski definition) is 4. The van der Waals surface area contributed by atoms with E-state index < -0.39 is 0 Å². The maximum Gasteiger partial charge on any atom is 0.321 e. The maximum atomic E-state index is 13.0. The van der Waals surface area contributed by atoms with Gasteiger partial charge in [0.2, 0.25) is 5.91 Å². The van der Waals surface area contributed by atoms with Crippen LogP contribution in [0.5, 0.6) is 11.5 Å². The average Bonchev–Trinajstić information content (AvgIpc) is 2.78. The fourth-order valence-electron chi connectivity index (χ4n) is 3.34. The number of nitrogens with zero attached hydrogens (tertiary/aromatic N) is 2. The third-order valence-corrected chi connectivity index (χ3v) is 5.09. The van der Waals surface area contributed by atoms with Crippen LogP contribution in [0, 0.1) is 5.82 Å². The van der Waals surface area contributed by atoms with Gasteiger partial charge in [-0.15, -0.1) is 0 Å². The van der Waals surface area contributed by atoms with Gasteiger partial charge in [-0.3, -0.25) is 4.79 Å². The normalized spacial score (nSPS) is 13.7. The van der Waals surface area contributed by atoms with E-state index in [4.69, 9.17) is 9.47 Å². The van der Waals surface area contributed by atoms with Crippen LogP contribution in [0.3, 0.4) is 0 Å². The number of ether oxygens (including phenoxy) is 2. The molecule has 160 valence electrons. The van der Waals surface area contributed by atoms with Crippen molar-refractivity contribution in [3.8, 4) is 11.5 Å². The van der Waals surface area contributed by atoms with Crippen LogP contribution in [-0.4, -0.2) is 62.1 Å². The minimum Gasteiger partial charge on any atom is -0.493 e. The van der Waals surface area contributed by atoms with E-state index in [1.165, 1.54) is 24.3 Å². The van der Waals surface area contributed by atoms with E-state index >= 15 is 0 Å². The highest BCUT2D eigenvalue weighted by atomic mass is 19.1.